The summed E-state index contributed by atoms with van der Waals surface area (Å²) >= 11 is 0. The van der Waals surface area contributed by atoms with Gasteiger partial charge in [0.15, 0.2) is 12.3 Å². The van der Waals surface area contributed by atoms with Crippen LogP contribution in [0.4, 0.5) is 13.2 Å². The van der Waals surface area contributed by atoms with Crippen LogP contribution in [0.5, 0.6) is 5.88 Å². The number of hydrogen-bond acceptors (Lipinski definition) is 5. The van der Waals surface area contributed by atoms with Gasteiger partial charge in [0.25, 0.3) is 5.88 Å². The highest BCUT2D eigenvalue weighted by Crippen LogP contribution is 2.31. The summed E-state index contributed by atoms with van der Waals surface area (Å²) in [5, 5.41) is 6.73. The van der Waals surface area contributed by atoms with E-state index in [1.54, 1.807) is 13.0 Å². The summed E-state index contributed by atoms with van der Waals surface area (Å²) in [4.78, 5) is 8.06. The van der Waals surface area contributed by atoms with Crippen molar-refractivity contribution >= 4 is 16.8 Å². The maximum atomic E-state index is 13.1. The lowest BCUT2D eigenvalue weighted by Crippen LogP contribution is -2.12. The molecular weight excluding hydrogens is 299 g/mol. The molecule has 0 aromatic carbocycles. The van der Waals surface area contributed by atoms with Gasteiger partial charge in [0, 0.05) is 6.20 Å². The molecule has 0 saturated carbocycles. The van der Waals surface area contributed by atoms with Crippen molar-refractivity contribution in [2.75, 3.05) is 6.61 Å². The van der Waals surface area contributed by atoms with E-state index in [-0.39, 0.29) is 29.3 Å². The molecule has 3 aromatic rings. The number of rotatable bonds is 2. The molecule has 0 atom stereocenters. The Morgan fingerprint density at radius 3 is 2.82 bits per heavy atom. The molecule has 3 heterocycles. The fraction of sp³-hybridized carbons (Fsp3) is 0.231. The van der Waals surface area contributed by atoms with Crippen LogP contribution in [0.25, 0.3) is 16.8 Å². The average molecular weight is 307 g/mol. The number of pyridine rings is 1. The predicted molar refractivity (Wildman–Crippen MR) is 70.0 cm³/mol. The molecule has 0 amide bonds. The second kappa shape index (κ2) is 5.14. The first-order valence-corrected chi connectivity index (χ1v) is 6.12. The van der Waals surface area contributed by atoms with Crippen molar-refractivity contribution in [3.63, 3.8) is 0 Å². The summed E-state index contributed by atoms with van der Waals surface area (Å²) in [6.45, 7) is 1.61. The van der Waals surface area contributed by atoms with Crippen LogP contribution < -0.4 is 4.74 Å². The molecule has 0 saturated heterocycles. The van der Waals surface area contributed by atoms with Crippen molar-refractivity contribution in [3.8, 4) is 17.7 Å². The van der Waals surface area contributed by atoms with Gasteiger partial charge < -0.3 is 4.74 Å². The summed E-state index contributed by atoms with van der Waals surface area (Å²) in [5.74, 6) is 4.00. The maximum Gasteiger partial charge on any atom is 0.452 e. The van der Waals surface area contributed by atoms with Crippen LogP contribution >= 0.6 is 0 Å². The van der Waals surface area contributed by atoms with Crippen molar-refractivity contribution in [1.29, 1.82) is 0 Å². The fourth-order valence-electron chi connectivity index (χ4n) is 1.89. The molecule has 0 aliphatic heterocycles. The van der Waals surface area contributed by atoms with Crippen LogP contribution in [0.2, 0.25) is 0 Å². The molecule has 22 heavy (non-hydrogen) atoms. The van der Waals surface area contributed by atoms with E-state index < -0.39 is 12.0 Å². The highest BCUT2D eigenvalue weighted by atomic mass is 19.4. The lowest BCUT2D eigenvalue weighted by molar-refractivity contribution is -0.145. The summed E-state index contributed by atoms with van der Waals surface area (Å²) in [6.07, 6.45) is -3.31. The van der Waals surface area contributed by atoms with Crippen LogP contribution in [-0.4, -0.2) is 31.2 Å². The Bertz CT molecular complexity index is 907. The minimum atomic E-state index is -4.67. The van der Waals surface area contributed by atoms with Crippen molar-refractivity contribution in [3.05, 3.63) is 24.2 Å². The zero-order valence-electron chi connectivity index (χ0n) is 11.2. The first-order valence-electron chi connectivity index (χ1n) is 6.12. The Balaban J connectivity index is 2.31. The quantitative estimate of drug-likeness (QED) is 0.678. The molecule has 112 valence electrons. The Kier molecular flexibility index (Phi) is 3.29. The van der Waals surface area contributed by atoms with Gasteiger partial charge >= 0.3 is 6.18 Å². The zero-order valence-corrected chi connectivity index (χ0v) is 11.2. The minimum absolute atomic E-state index is 0.00347. The monoisotopic (exact) mass is 307 g/mol. The zero-order chi connectivity index (χ0) is 15.7. The molecule has 0 aliphatic carbocycles. The third kappa shape index (κ3) is 2.28. The van der Waals surface area contributed by atoms with E-state index in [0.29, 0.717) is 0 Å². The SMILES string of the molecule is CC#CCOc1nc2cccnc2n2c(C(F)(F)F)nnc12. The molecule has 9 heteroatoms. The third-order valence-electron chi connectivity index (χ3n) is 2.77. The molecule has 6 nitrogen and oxygen atoms in total. The molecule has 0 radical (unpaired) electrons. The standard InChI is InChI=1S/C13H8F3N5O/c1-2-3-7-22-11-10-19-20-12(13(14,15)16)21(10)9-8(18-11)5-4-6-17-9/h4-6H,7H2,1H3. The van der Waals surface area contributed by atoms with Crippen LogP contribution in [0.1, 0.15) is 12.7 Å². The second-order valence-corrected chi connectivity index (χ2v) is 4.16. The Morgan fingerprint density at radius 2 is 2.09 bits per heavy atom. The largest absolute Gasteiger partial charge is 0.462 e. The highest BCUT2D eigenvalue weighted by Gasteiger charge is 2.38. The number of alkyl halides is 3. The van der Waals surface area contributed by atoms with Gasteiger partial charge in [-0.25, -0.2) is 14.4 Å². The smallest absolute Gasteiger partial charge is 0.452 e. The molecule has 0 N–H and O–H groups in total. The minimum Gasteiger partial charge on any atom is -0.462 e. The maximum absolute atomic E-state index is 13.1. The lowest BCUT2D eigenvalue weighted by atomic mass is 10.4. The van der Waals surface area contributed by atoms with E-state index in [2.05, 4.69) is 32.0 Å². The number of fused-ring (bicyclic) bond motifs is 3. The number of aromatic nitrogens is 5. The fourth-order valence-corrected chi connectivity index (χ4v) is 1.89. The Hall–Kier alpha value is -2.89. The summed E-state index contributed by atoms with van der Waals surface area (Å²) < 4.78 is 45.3. The average Bonchev–Trinajstić information content (AvgIpc) is 2.93. The van der Waals surface area contributed by atoms with E-state index >= 15 is 0 Å². The van der Waals surface area contributed by atoms with E-state index in [4.69, 9.17) is 4.74 Å². The van der Waals surface area contributed by atoms with Crippen LogP contribution in [0.3, 0.4) is 0 Å². The second-order valence-electron chi connectivity index (χ2n) is 4.16. The van der Waals surface area contributed by atoms with E-state index in [9.17, 15) is 13.2 Å². The van der Waals surface area contributed by atoms with Gasteiger partial charge in [-0.05, 0) is 19.1 Å². The van der Waals surface area contributed by atoms with E-state index in [1.807, 2.05) is 0 Å². The van der Waals surface area contributed by atoms with Gasteiger partial charge in [0.2, 0.25) is 11.5 Å². The van der Waals surface area contributed by atoms with Crippen LogP contribution in [0.15, 0.2) is 18.3 Å². The molecule has 0 aliphatic rings. The summed E-state index contributed by atoms with van der Waals surface area (Å²) in [5.41, 5.74) is 0.0833. The van der Waals surface area contributed by atoms with Gasteiger partial charge in [-0.3, -0.25) is 0 Å². The Labute approximate surface area is 122 Å². The van der Waals surface area contributed by atoms with Gasteiger partial charge in [-0.15, -0.1) is 16.1 Å². The first kappa shape index (κ1) is 14.1. The topological polar surface area (TPSA) is 65.2 Å². The predicted octanol–water partition coefficient (Wildman–Crippen LogP) is 2.09. The third-order valence-corrected chi connectivity index (χ3v) is 2.77. The first-order chi connectivity index (χ1) is 10.5. The van der Waals surface area contributed by atoms with Crippen molar-refractivity contribution in [2.24, 2.45) is 0 Å². The van der Waals surface area contributed by atoms with Crippen LogP contribution in [-0.2, 0) is 6.18 Å². The van der Waals surface area contributed by atoms with Crippen molar-refractivity contribution in [2.45, 2.75) is 13.1 Å². The number of ether oxygens (including phenoxy) is 1. The van der Waals surface area contributed by atoms with E-state index in [1.165, 1.54) is 12.3 Å². The van der Waals surface area contributed by atoms with E-state index in [0.717, 1.165) is 4.40 Å². The van der Waals surface area contributed by atoms with Crippen molar-refractivity contribution in [1.82, 2.24) is 24.6 Å². The molecule has 0 fully saturated rings. The van der Waals surface area contributed by atoms with Gasteiger partial charge in [-0.1, -0.05) is 5.92 Å². The summed E-state index contributed by atoms with van der Waals surface area (Å²) in [7, 11) is 0. The number of halogens is 3. The van der Waals surface area contributed by atoms with Crippen molar-refractivity contribution < 1.29 is 17.9 Å². The molecule has 3 rings (SSSR count). The molecule has 0 spiro atoms. The highest BCUT2D eigenvalue weighted by molar-refractivity contribution is 5.76. The molecule has 3 aromatic heterocycles. The Morgan fingerprint density at radius 1 is 1.27 bits per heavy atom. The molecule has 0 unspecified atom stereocenters. The lowest BCUT2D eigenvalue weighted by Gasteiger charge is -2.08. The van der Waals surface area contributed by atoms with Gasteiger partial charge in [-0.2, -0.15) is 13.2 Å². The van der Waals surface area contributed by atoms with Crippen LogP contribution in [0, 0.1) is 11.8 Å². The molecular formula is C13H8F3N5O. The summed E-state index contributed by atoms with van der Waals surface area (Å²) in [6, 6.07) is 3.09. The number of nitrogens with zero attached hydrogens (tertiary/aromatic N) is 5. The van der Waals surface area contributed by atoms with Gasteiger partial charge in [0.1, 0.15) is 5.52 Å². The number of hydrogen-bond donors (Lipinski definition) is 0. The molecule has 0 bridgehead atoms. The van der Waals surface area contributed by atoms with Gasteiger partial charge in [0.05, 0.1) is 0 Å². The normalized spacial score (nSPS) is 11.5.